The first-order valence-corrected chi connectivity index (χ1v) is 17.4. The molecule has 1 saturated heterocycles. The van der Waals surface area contributed by atoms with E-state index in [-0.39, 0.29) is 28.8 Å². The molecular formula is C30H44N4O4Si. The summed E-state index contributed by atoms with van der Waals surface area (Å²) in [6.07, 6.45) is 4.64. The van der Waals surface area contributed by atoms with Gasteiger partial charge in [-0.3, -0.25) is 9.59 Å². The number of hydrogen-bond donors (Lipinski definition) is 2. The van der Waals surface area contributed by atoms with Gasteiger partial charge in [0.25, 0.3) is 5.91 Å². The van der Waals surface area contributed by atoms with Crippen molar-refractivity contribution in [2.24, 2.45) is 5.92 Å². The molecule has 9 heteroatoms. The third-order valence-corrected chi connectivity index (χ3v) is 13.6. The van der Waals surface area contributed by atoms with Gasteiger partial charge < -0.3 is 19.8 Å². The van der Waals surface area contributed by atoms with Crippen LogP contribution in [0.15, 0.2) is 24.3 Å². The average molecular weight is 553 g/mol. The molecule has 1 aromatic carbocycles. The van der Waals surface area contributed by atoms with E-state index in [1.807, 2.05) is 28.9 Å². The number of aryl methyl sites for hydroxylation is 1. The Kier molecular flexibility index (Phi) is 7.78. The van der Waals surface area contributed by atoms with Gasteiger partial charge >= 0.3 is 0 Å². The first kappa shape index (κ1) is 28.1. The molecule has 0 radical (unpaired) electrons. The molecule has 2 fully saturated rings. The summed E-state index contributed by atoms with van der Waals surface area (Å²) in [6.45, 7) is 15.1. The molecule has 1 saturated carbocycles. The van der Waals surface area contributed by atoms with Crippen LogP contribution in [-0.2, 0) is 27.0 Å². The molecule has 1 aromatic heterocycles. The van der Waals surface area contributed by atoms with Crippen molar-refractivity contribution in [3.63, 3.8) is 0 Å². The fourth-order valence-electron chi connectivity index (χ4n) is 5.53. The van der Waals surface area contributed by atoms with E-state index in [4.69, 9.17) is 14.3 Å². The number of benzene rings is 1. The highest BCUT2D eigenvalue weighted by molar-refractivity contribution is 6.74. The summed E-state index contributed by atoms with van der Waals surface area (Å²) in [5, 5.41) is 11.5. The molecule has 2 atom stereocenters. The van der Waals surface area contributed by atoms with E-state index in [1.54, 1.807) is 0 Å². The summed E-state index contributed by atoms with van der Waals surface area (Å²) >= 11 is 0. The van der Waals surface area contributed by atoms with Gasteiger partial charge in [-0.1, -0.05) is 39.8 Å². The van der Waals surface area contributed by atoms with Crippen LogP contribution in [0.5, 0.6) is 0 Å². The van der Waals surface area contributed by atoms with Gasteiger partial charge in [-0.15, -0.1) is 0 Å². The number of hydrogen-bond acceptors (Lipinski definition) is 5. The van der Waals surface area contributed by atoms with Gasteiger partial charge in [0.15, 0.2) is 8.32 Å². The highest BCUT2D eigenvalue weighted by Gasteiger charge is 2.49. The second kappa shape index (κ2) is 10.8. The second-order valence-electron chi connectivity index (χ2n) is 12.9. The van der Waals surface area contributed by atoms with Crippen LogP contribution in [0.25, 0.3) is 0 Å². The highest BCUT2D eigenvalue weighted by atomic mass is 28.4. The van der Waals surface area contributed by atoms with E-state index >= 15 is 0 Å². The number of carbonyl (C=O) groups excluding carboxylic acids is 2. The maximum atomic E-state index is 13.7. The largest absolute Gasteiger partial charge is 0.411 e. The van der Waals surface area contributed by atoms with Gasteiger partial charge in [0.2, 0.25) is 5.91 Å². The maximum absolute atomic E-state index is 13.7. The third kappa shape index (κ3) is 5.72. The molecule has 2 aromatic rings. The average Bonchev–Trinajstić information content (AvgIpc) is 3.69. The summed E-state index contributed by atoms with van der Waals surface area (Å²) in [7, 11) is -2.03. The number of nitrogens with zero attached hydrogens (tertiary/aromatic N) is 2. The van der Waals surface area contributed by atoms with Crippen molar-refractivity contribution >= 4 is 25.9 Å². The Morgan fingerprint density at radius 1 is 1.21 bits per heavy atom. The summed E-state index contributed by atoms with van der Waals surface area (Å²) in [6, 6.07) is 7.16. The number of aromatic nitrogens is 2. The Hall–Kier alpha value is -2.49. The van der Waals surface area contributed by atoms with Crippen molar-refractivity contribution in [1.82, 2.24) is 15.1 Å². The van der Waals surface area contributed by atoms with Crippen LogP contribution in [0.1, 0.15) is 92.5 Å². The number of ether oxygens (including phenoxy) is 1. The van der Waals surface area contributed by atoms with Crippen molar-refractivity contribution in [2.45, 2.75) is 103 Å². The lowest BCUT2D eigenvalue weighted by molar-refractivity contribution is -0.119. The van der Waals surface area contributed by atoms with Crippen LogP contribution >= 0.6 is 0 Å². The molecule has 39 heavy (non-hydrogen) atoms. The molecule has 2 N–H and O–H groups in total. The monoisotopic (exact) mass is 552 g/mol. The lowest BCUT2D eigenvalue weighted by atomic mass is 9.83. The molecule has 5 rings (SSSR count). The first-order valence-electron chi connectivity index (χ1n) is 14.5. The Morgan fingerprint density at radius 2 is 1.92 bits per heavy atom. The predicted molar refractivity (Wildman–Crippen MR) is 154 cm³/mol. The van der Waals surface area contributed by atoms with Crippen LogP contribution < -0.4 is 10.6 Å². The molecule has 2 aliphatic heterocycles. The second-order valence-corrected chi connectivity index (χ2v) is 17.7. The van der Waals surface area contributed by atoms with Crippen LogP contribution in [0.4, 0.5) is 5.82 Å². The van der Waals surface area contributed by atoms with E-state index in [0.717, 1.165) is 54.7 Å². The summed E-state index contributed by atoms with van der Waals surface area (Å²) in [5.41, 5.74) is 3.63. The van der Waals surface area contributed by atoms with Crippen LogP contribution in [0.3, 0.4) is 0 Å². The molecule has 8 nitrogen and oxygen atoms in total. The number of fused-ring (bicyclic) bond motifs is 1. The molecule has 0 unspecified atom stereocenters. The lowest BCUT2D eigenvalue weighted by Gasteiger charge is -2.36. The van der Waals surface area contributed by atoms with Crippen molar-refractivity contribution in [3.8, 4) is 0 Å². The molecule has 3 heterocycles. The molecule has 2 amide bonds. The van der Waals surface area contributed by atoms with E-state index in [9.17, 15) is 9.59 Å². The van der Waals surface area contributed by atoms with Crippen molar-refractivity contribution in [3.05, 3.63) is 46.6 Å². The van der Waals surface area contributed by atoms with E-state index in [0.29, 0.717) is 31.3 Å². The topological polar surface area (TPSA) is 94.5 Å². The number of carbonyl (C=O) groups is 2. The zero-order valence-corrected chi connectivity index (χ0v) is 25.3. The fraction of sp³-hybridized carbons (Fsp3) is 0.633. The van der Waals surface area contributed by atoms with Gasteiger partial charge in [-0.25, -0.2) is 4.68 Å². The van der Waals surface area contributed by atoms with Gasteiger partial charge in [0.1, 0.15) is 11.9 Å². The number of nitrogens with one attached hydrogen (secondary N) is 2. The van der Waals surface area contributed by atoms with E-state index in [1.165, 1.54) is 0 Å². The molecule has 1 aliphatic carbocycles. The zero-order chi connectivity index (χ0) is 27.9. The minimum atomic E-state index is -2.03. The summed E-state index contributed by atoms with van der Waals surface area (Å²) in [5.74, 6) is 0.621. The van der Waals surface area contributed by atoms with Crippen LogP contribution in [-0.4, -0.2) is 49.2 Å². The standard InChI is InChI=1S/C30H44N4O4Si/c1-7-19-9-8-10-21(17-19)28(35)31-26-24(20-11-12-20)25-23(18-38-39(5,6)30(2,3)4)33-34(27(25)32-29(26)36)22-13-15-37-16-14-22/h8-10,17,20,22,24,26H,7,11-16,18H2,1-6H3,(H,31,35)(H,32,36)/t24-,26+/m1/s1. The molecular weight excluding hydrogens is 508 g/mol. The quantitative estimate of drug-likeness (QED) is 0.418. The minimum Gasteiger partial charge on any atom is -0.411 e. The van der Waals surface area contributed by atoms with Crippen molar-refractivity contribution in [1.29, 1.82) is 0 Å². The molecule has 0 spiro atoms. The Bertz CT molecular complexity index is 1220. The summed E-state index contributed by atoms with van der Waals surface area (Å²) < 4.78 is 14.3. The zero-order valence-electron chi connectivity index (χ0n) is 24.3. The van der Waals surface area contributed by atoms with Gasteiger partial charge in [0.05, 0.1) is 18.3 Å². The van der Waals surface area contributed by atoms with E-state index in [2.05, 4.69) is 51.4 Å². The maximum Gasteiger partial charge on any atom is 0.251 e. The molecule has 212 valence electrons. The predicted octanol–water partition coefficient (Wildman–Crippen LogP) is 5.56. The number of anilines is 1. The number of amides is 2. The summed E-state index contributed by atoms with van der Waals surface area (Å²) in [4.78, 5) is 27.1. The van der Waals surface area contributed by atoms with Crippen molar-refractivity contribution < 1.29 is 18.8 Å². The third-order valence-electron chi connectivity index (χ3n) is 9.17. The lowest BCUT2D eigenvalue weighted by Crippen LogP contribution is -2.51. The molecule has 0 bridgehead atoms. The Balaban J connectivity index is 1.51. The number of rotatable bonds is 8. The van der Waals surface area contributed by atoms with Gasteiger partial charge in [-0.2, -0.15) is 5.10 Å². The SMILES string of the molecule is CCc1cccc(C(=O)N[C@@H]2C(=O)Nc3c(c(CO[Si](C)(C)C(C)(C)C)nn3C3CCOCC3)[C@H]2C2CC2)c1. The van der Waals surface area contributed by atoms with Crippen molar-refractivity contribution in [2.75, 3.05) is 18.5 Å². The fourth-order valence-corrected chi connectivity index (χ4v) is 6.47. The van der Waals surface area contributed by atoms with E-state index < -0.39 is 14.4 Å². The highest BCUT2D eigenvalue weighted by Crippen LogP contribution is 2.51. The first-order chi connectivity index (χ1) is 18.5. The normalized spacial score (nSPS) is 22.4. The smallest absolute Gasteiger partial charge is 0.251 e. The Labute approximate surface area is 233 Å². The Morgan fingerprint density at radius 3 is 2.56 bits per heavy atom. The minimum absolute atomic E-state index is 0.0734. The van der Waals surface area contributed by atoms with Gasteiger partial charge in [-0.05, 0) is 73.9 Å². The van der Waals surface area contributed by atoms with Crippen LogP contribution in [0, 0.1) is 5.92 Å². The molecule has 3 aliphatic rings. The van der Waals surface area contributed by atoms with Crippen LogP contribution in [0.2, 0.25) is 18.1 Å². The van der Waals surface area contributed by atoms with Gasteiger partial charge in [0, 0.05) is 30.3 Å².